The number of nitrogens with one attached hydrogen (secondary N) is 2. The van der Waals surface area contributed by atoms with Crippen LogP contribution < -0.4 is 10.9 Å². The molecule has 2 heterocycles. The smallest absolute Gasteiger partial charge is 0.337 e. The molecule has 0 aliphatic heterocycles. The molecular weight excluding hydrogens is 422 g/mol. The number of esters is 1. The standard InChI is InChI=1S/C21H21N3O4S2/c1-11-3-8-14-15(9-11)30-19-17(14)18(26)23-21(24-19)29-10-16(25)22-13-6-4-12(5-7-13)20(27)28-2/h4-7,11H,3,8-10H2,1-2H3,(H,22,25)(H,23,24,26)/t11-/m0/s1. The number of thiophene rings is 1. The van der Waals surface area contributed by atoms with Crippen molar-refractivity contribution in [3.05, 3.63) is 50.6 Å². The van der Waals surface area contributed by atoms with Crippen LogP contribution in [-0.4, -0.2) is 34.7 Å². The lowest BCUT2D eigenvalue weighted by molar-refractivity contribution is -0.113. The number of carbonyl (C=O) groups is 2. The van der Waals surface area contributed by atoms with E-state index >= 15 is 0 Å². The fourth-order valence-electron chi connectivity index (χ4n) is 3.54. The topological polar surface area (TPSA) is 101 Å². The number of thioether (sulfide) groups is 1. The highest BCUT2D eigenvalue weighted by Crippen LogP contribution is 2.36. The summed E-state index contributed by atoms with van der Waals surface area (Å²) >= 11 is 2.78. The number of carbonyl (C=O) groups excluding carboxylic acids is 2. The van der Waals surface area contributed by atoms with Crippen molar-refractivity contribution in [3.63, 3.8) is 0 Å². The zero-order valence-corrected chi connectivity index (χ0v) is 18.2. The molecule has 2 N–H and O–H groups in total. The van der Waals surface area contributed by atoms with Crippen LogP contribution in [-0.2, 0) is 22.4 Å². The van der Waals surface area contributed by atoms with E-state index in [0.29, 0.717) is 27.7 Å². The number of hydrogen-bond donors (Lipinski definition) is 2. The number of aromatic amines is 1. The summed E-state index contributed by atoms with van der Waals surface area (Å²) in [6.07, 6.45) is 3.01. The van der Waals surface area contributed by atoms with Gasteiger partial charge in [-0.3, -0.25) is 9.59 Å². The van der Waals surface area contributed by atoms with Crippen LogP contribution in [0.5, 0.6) is 0 Å². The number of anilines is 1. The first-order valence-corrected chi connectivity index (χ1v) is 11.4. The Balaban J connectivity index is 1.42. The highest BCUT2D eigenvalue weighted by atomic mass is 32.2. The third-order valence-electron chi connectivity index (χ3n) is 5.07. The molecule has 1 atom stereocenters. The minimum Gasteiger partial charge on any atom is -0.465 e. The quantitative estimate of drug-likeness (QED) is 0.355. The van der Waals surface area contributed by atoms with Gasteiger partial charge in [-0.05, 0) is 55.0 Å². The number of fused-ring (bicyclic) bond motifs is 3. The van der Waals surface area contributed by atoms with E-state index in [1.807, 2.05) is 0 Å². The lowest BCUT2D eigenvalue weighted by Gasteiger charge is -2.17. The fourth-order valence-corrected chi connectivity index (χ4v) is 5.64. The van der Waals surface area contributed by atoms with Gasteiger partial charge in [-0.2, -0.15) is 0 Å². The van der Waals surface area contributed by atoms with Gasteiger partial charge in [0.05, 0.1) is 23.8 Å². The lowest BCUT2D eigenvalue weighted by atomic mass is 9.89. The summed E-state index contributed by atoms with van der Waals surface area (Å²) in [5.74, 6) is 0.0743. The van der Waals surface area contributed by atoms with Crippen molar-refractivity contribution >= 4 is 50.9 Å². The number of hydrogen-bond acceptors (Lipinski definition) is 7. The van der Waals surface area contributed by atoms with Crippen LogP contribution >= 0.6 is 23.1 Å². The van der Waals surface area contributed by atoms with Gasteiger partial charge in [-0.1, -0.05) is 18.7 Å². The molecule has 7 nitrogen and oxygen atoms in total. The van der Waals surface area contributed by atoms with Crippen molar-refractivity contribution < 1.29 is 14.3 Å². The third kappa shape index (κ3) is 4.27. The highest BCUT2D eigenvalue weighted by molar-refractivity contribution is 7.99. The number of amides is 1. The Hall–Kier alpha value is -2.65. The Labute approximate surface area is 181 Å². The number of benzene rings is 1. The van der Waals surface area contributed by atoms with E-state index in [2.05, 4.69) is 26.9 Å². The summed E-state index contributed by atoms with van der Waals surface area (Å²) in [4.78, 5) is 45.7. The van der Waals surface area contributed by atoms with Gasteiger partial charge in [-0.25, -0.2) is 9.78 Å². The van der Waals surface area contributed by atoms with E-state index in [0.717, 1.165) is 29.7 Å². The molecule has 3 aromatic rings. The Morgan fingerprint density at radius 2 is 2.10 bits per heavy atom. The average molecular weight is 444 g/mol. The number of nitrogens with zero attached hydrogens (tertiary/aromatic N) is 1. The van der Waals surface area contributed by atoms with Gasteiger partial charge in [0.1, 0.15) is 4.83 Å². The zero-order chi connectivity index (χ0) is 21.3. The Bertz CT molecular complexity index is 1170. The first-order valence-electron chi connectivity index (χ1n) is 9.60. The van der Waals surface area contributed by atoms with Crippen LogP contribution in [0.15, 0.2) is 34.2 Å². The molecule has 1 amide bonds. The first-order chi connectivity index (χ1) is 14.4. The molecule has 9 heteroatoms. The van der Waals surface area contributed by atoms with E-state index in [9.17, 15) is 14.4 Å². The second-order valence-corrected chi connectivity index (χ2v) is 9.36. The highest BCUT2D eigenvalue weighted by Gasteiger charge is 2.23. The van der Waals surface area contributed by atoms with Crippen LogP contribution in [0.1, 0.15) is 34.1 Å². The SMILES string of the molecule is COC(=O)c1ccc(NC(=O)CSc2nc3sc4c(c3c(=O)[nH]2)CC[C@H](C)C4)cc1. The Morgan fingerprint density at radius 3 is 2.83 bits per heavy atom. The van der Waals surface area contributed by atoms with Crippen molar-refractivity contribution in [3.8, 4) is 0 Å². The third-order valence-corrected chi connectivity index (χ3v) is 7.09. The van der Waals surface area contributed by atoms with E-state index in [4.69, 9.17) is 0 Å². The first kappa shape index (κ1) is 20.6. The van der Waals surface area contributed by atoms with Crippen molar-refractivity contribution in [1.82, 2.24) is 9.97 Å². The summed E-state index contributed by atoms with van der Waals surface area (Å²) < 4.78 is 4.65. The normalized spacial score (nSPS) is 15.6. The van der Waals surface area contributed by atoms with Gasteiger partial charge in [0.2, 0.25) is 5.91 Å². The number of ether oxygens (including phenoxy) is 1. The maximum absolute atomic E-state index is 12.6. The molecule has 0 bridgehead atoms. The van der Waals surface area contributed by atoms with Gasteiger partial charge in [-0.15, -0.1) is 11.3 Å². The Morgan fingerprint density at radius 1 is 1.33 bits per heavy atom. The number of aromatic nitrogens is 2. The molecular formula is C21H21N3O4S2. The number of rotatable bonds is 5. The van der Waals surface area contributed by atoms with E-state index in [1.54, 1.807) is 35.6 Å². The van der Waals surface area contributed by atoms with E-state index in [-0.39, 0.29) is 17.2 Å². The predicted molar refractivity (Wildman–Crippen MR) is 119 cm³/mol. The van der Waals surface area contributed by atoms with Crippen molar-refractivity contribution in [2.75, 3.05) is 18.2 Å². The van der Waals surface area contributed by atoms with Gasteiger partial charge in [0, 0.05) is 10.6 Å². The largest absolute Gasteiger partial charge is 0.465 e. The molecule has 0 radical (unpaired) electrons. The molecule has 0 saturated carbocycles. The monoisotopic (exact) mass is 443 g/mol. The molecule has 4 rings (SSSR count). The lowest BCUT2D eigenvalue weighted by Crippen LogP contribution is -2.16. The molecule has 2 aromatic heterocycles. The minimum atomic E-state index is -0.432. The second-order valence-electron chi connectivity index (χ2n) is 7.31. The van der Waals surface area contributed by atoms with Crippen molar-refractivity contribution in [2.24, 2.45) is 5.92 Å². The molecule has 0 saturated heterocycles. The molecule has 0 spiro atoms. The fraction of sp³-hybridized carbons (Fsp3) is 0.333. The van der Waals surface area contributed by atoms with Crippen LogP contribution in [0.3, 0.4) is 0 Å². The Kier molecular flexibility index (Phi) is 5.92. The average Bonchev–Trinajstić information content (AvgIpc) is 3.10. The van der Waals surface area contributed by atoms with Crippen molar-refractivity contribution in [1.29, 1.82) is 0 Å². The van der Waals surface area contributed by atoms with Crippen LogP contribution in [0.25, 0.3) is 10.2 Å². The summed E-state index contributed by atoms with van der Waals surface area (Å²) in [5, 5.41) is 3.91. The summed E-state index contributed by atoms with van der Waals surface area (Å²) in [5.41, 5.74) is 2.00. The minimum absolute atomic E-state index is 0.106. The molecule has 1 aromatic carbocycles. The molecule has 30 heavy (non-hydrogen) atoms. The summed E-state index contributed by atoms with van der Waals surface area (Å²) in [7, 11) is 1.32. The van der Waals surface area contributed by atoms with E-state index < -0.39 is 5.97 Å². The maximum atomic E-state index is 12.6. The molecule has 1 aliphatic carbocycles. The summed E-state index contributed by atoms with van der Waals surface area (Å²) in [6.45, 7) is 2.23. The molecule has 1 aliphatic rings. The predicted octanol–water partition coefficient (Wildman–Crippen LogP) is 3.63. The number of methoxy groups -OCH3 is 1. The van der Waals surface area contributed by atoms with Crippen LogP contribution in [0.4, 0.5) is 5.69 Å². The van der Waals surface area contributed by atoms with Gasteiger partial charge < -0.3 is 15.0 Å². The number of H-pyrrole nitrogens is 1. The van der Waals surface area contributed by atoms with E-state index in [1.165, 1.54) is 23.7 Å². The van der Waals surface area contributed by atoms with Crippen LogP contribution in [0.2, 0.25) is 0 Å². The van der Waals surface area contributed by atoms with Gasteiger partial charge in [0.15, 0.2) is 5.16 Å². The molecule has 156 valence electrons. The summed E-state index contributed by atoms with van der Waals surface area (Å²) in [6, 6.07) is 6.44. The molecule has 0 fully saturated rings. The van der Waals surface area contributed by atoms with Gasteiger partial charge in [0.25, 0.3) is 5.56 Å². The molecule has 0 unspecified atom stereocenters. The van der Waals surface area contributed by atoms with Crippen molar-refractivity contribution in [2.45, 2.75) is 31.3 Å². The maximum Gasteiger partial charge on any atom is 0.337 e. The zero-order valence-electron chi connectivity index (χ0n) is 16.6. The van der Waals surface area contributed by atoms with Crippen LogP contribution in [0, 0.1) is 5.92 Å². The number of aryl methyl sites for hydroxylation is 1. The van der Waals surface area contributed by atoms with Gasteiger partial charge >= 0.3 is 5.97 Å². The second kappa shape index (κ2) is 8.61.